The second-order valence-electron chi connectivity index (χ2n) is 3.61. The maximum absolute atomic E-state index is 13.6. The van der Waals surface area contributed by atoms with Crippen molar-refractivity contribution in [2.45, 2.75) is 13.2 Å². The quantitative estimate of drug-likeness (QED) is 0.869. The van der Waals surface area contributed by atoms with Gasteiger partial charge in [-0.2, -0.15) is 5.26 Å². The summed E-state index contributed by atoms with van der Waals surface area (Å²) in [5.74, 6) is -0.414. The van der Waals surface area contributed by atoms with Gasteiger partial charge in [-0.05, 0) is 12.1 Å². The highest BCUT2D eigenvalue weighted by Gasteiger charge is 2.05. The van der Waals surface area contributed by atoms with Crippen molar-refractivity contribution < 1.29 is 9.50 Å². The summed E-state index contributed by atoms with van der Waals surface area (Å²) < 4.78 is 15.3. The summed E-state index contributed by atoms with van der Waals surface area (Å²) in [6, 6.07) is 6.24. The van der Waals surface area contributed by atoms with Crippen molar-refractivity contribution >= 4 is 0 Å². The van der Waals surface area contributed by atoms with Gasteiger partial charge in [0.1, 0.15) is 5.82 Å². The van der Waals surface area contributed by atoms with Crippen LogP contribution in [0.2, 0.25) is 0 Å². The molecular formula is C12H10FN3O. The molecule has 1 N–H and O–H groups in total. The number of halogens is 1. The summed E-state index contributed by atoms with van der Waals surface area (Å²) in [7, 11) is 0. The largest absolute Gasteiger partial charge is 0.390 e. The molecule has 1 heterocycles. The third kappa shape index (κ3) is 2.49. The van der Waals surface area contributed by atoms with Gasteiger partial charge >= 0.3 is 0 Å². The summed E-state index contributed by atoms with van der Waals surface area (Å²) in [6.07, 6.45) is 3.18. The zero-order chi connectivity index (χ0) is 12.3. The second kappa shape index (κ2) is 4.76. The molecule has 2 aromatic rings. The minimum absolute atomic E-state index is 0.136. The van der Waals surface area contributed by atoms with E-state index in [1.165, 1.54) is 12.4 Å². The summed E-state index contributed by atoms with van der Waals surface area (Å²) in [5, 5.41) is 17.5. The van der Waals surface area contributed by atoms with E-state index < -0.39 is 5.82 Å². The van der Waals surface area contributed by atoms with Crippen LogP contribution in [0.15, 0.2) is 30.7 Å². The van der Waals surface area contributed by atoms with Crippen molar-refractivity contribution in [1.82, 2.24) is 9.55 Å². The molecule has 0 aliphatic carbocycles. The summed E-state index contributed by atoms with van der Waals surface area (Å²) in [4.78, 5) is 3.93. The van der Waals surface area contributed by atoms with Crippen LogP contribution in [-0.2, 0) is 13.2 Å². The molecule has 1 aromatic carbocycles. The van der Waals surface area contributed by atoms with Crippen molar-refractivity contribution in [3.05, 3.63) is 53.4 Å². The molecule has 0 unspecified atom stereocenters. The molecular weight excluding hydrogens is 221 g/mol. The number of hydrogen-bond acceptors (Lipinski definition) is 3. The minimum Gasteiger partial charge on any atom is -0.390 e. The molecule has 86 valence electrons. The van der Waals surface area contributed by atoms with Crippen LogP contribution in [0.1, 0.15) is 16.8 Å². The predicted molar refractivity (Wildman–Crippen MR) is 58.4 cm³/mol. The molecule has 0 bridgehead atoms. The summed E-state index contributed by atoms with van der Waals surface area (Å²) >= 11 is 0. The Morgan fingerprint density at radius 1 is 1.47 bits per heavy atom. The van der Waals surface area contributed by atoms with Crippen molar-refractivity contribution in [2.24, 2.45) is 0 Å². The van der Waals surface area contributed by atoms with Gasteiger partial charge in [0, 0.05) is 11.8 Å². The average Bonchev–Trinajstić information content (AvgIpc) is 2.79. The van der Waals surface area contributed by atoms with Crippen LogP contribution in [0.4, 0.5) is 4.39 Å². The van der Waals surface area contributed by atoms with Crippen molar-refractivity contribution in [1.29, 1.82) is 5.26 Å². The van der Waals surface area contributed by atoms with Gasteiger partial charge in [-0.15, -0.1) is 0 Å². The first-order chi connectivity index (χ1) is 8.22. The second-order valence-corrected chi connectivity index (χ2v) is 3.61. The van der Waals surface area contributed by atoms with Gasteiger partial charge < -0.3 is 9.67 Å². The van der Waals surface area contributed by atoms with Crippen LogP contribution in [-0.4, -0.2) is 14.7 Å². The minimum atomic E-state index is -0.414. The maximum Gasteiger partial charge on any atom is 0.129 e. The Balaban J connectivity index is 2.21. The van der Waals surface area contributed by atoms with Crippen LogP contribution in [0.3, 0.4) is 0 Å². The van der Waals surface area contributed by atoms with Crippen LogP contribution in [0, 0.1) is 17.1 Å². The SMILES string of the molecule is N#Cc1ccc(Cn2cnc(CO)c2)c(F)c1. The van der Waals surface area contributed by atoms with Crippen LogP contribution in [0.25, 0.3) is 0 Å². The Hall–Kier alpha value is -2.19. The standard InChI is InChI=1S/C12H10FN3O/c13-12-3-9(4-14)1-2-10(12)5-16-6-11(7-17)15-8-16/h1-3,6,8,17H,5,7H2. The molecule has 0 atom stereocenters. The van der Waals surface area contributed by atoms with E-state index >= 15 is 0 Å². The highest BCUT2D eigenvalue weighted by molar-refractivity contribution is 5.33. The number of rotatable bonds is 3. The number of imidazole rings is 1. The van der Waals surface area contributed by atoms with Crippen molar-refractivity contribution in [3.63, 3.8) is 0 Å². The topological polar surface area (TPSA) is 61.8 Å². The first-order valence-electron chi connectivity index (χ1n) is 5.03. The van der Waals surface area contributed by atoms with Crippen LogP contribution >= 0.6 is 0 Å². The van der Waals surface area contributed by atoms with Crippen molar-refractivity contribution in [3.8, 4) is 6.07 Å². The number of nitriles is 1. The van der Waals surface area contributed by atoms with Gasteiger partial charge in [0.25, 0.3) is 0 Å². The molecule has 17 heavy (non-hydrogen) atoms. The first-order valence-corrected chi connectivity index (χ1v) is 5.03. The molecule has 0 saturated heterocycles. The molecule has 5 heteroatoms. The molecule has 0 saturated carbocycles. The van der Waals surface area contributed by atoms with E-state index in [9.17, 15) is 4.39 Å². The van der Waals surface area contributed by atoms with Gasteiger partial charge in [-0.25, -0.2) is 9.37 Å². The van der Waals surface area contributed by atoms with Crippen LogP contribution in [0.5, 0.6) is 0 Å². The highest BCUT2D eigenvalue weighted by atomic mass is 19.1. The molecule has 1 aromatic heterocycles. The van der Waals surface area contributed by atoms with Crippen LogP contribution < -0.4 is 0 Å². The first kappa shape index (κ1) is 11.3. The average molecular weight is 231 g/mol. The van der Waals surface area contributed by atoms with Gasteiger partial charge in [-0.1, -0.05) is 6.07 Å². The lowest BCUT2D eigenvalue weighted by Crippen LogP contribution is -1.99. The summed E-state index contributed by atoms with van der Waals surface area (Å²) in [6.45, 7) is 0.188. The number of hydrogen-bond donors (Lipinski definition) is 1. The number of aromatic nitrogens is 2. The van der Waals surface area contributed by atoms with Crippen molar-refractivity contribution in [2.75, 3.05) is 0 Å². The zero-order valence-corrected chi connectivity index (χ0v) is 8.97. The lowest BCUT2D eigenvalue weighted by atomic mass is 10.1. The van der Waals surface area contributed by atoms with Gasteiger partial charge in [0.2, 0.25) is 0 Å². The Morgan fingerprint density at radius 3 is 2.88 bits per heavy atom. The number of aliphatic hydroxyl groups is 1. The number of nitrogens with zero attached hydrogens (tertiary/aromatic N) is 3. The van der Waals surface area contributed by atoms with E-state index in [1.54, 1.807) is 22.9 Å². The number of aliphatic hydroxyl groups excluding tert-OH is 1. The van der Waals surface area contributed by atoms with E-state index in [0.717, 1.165) is 0 Å². The Kier molecular flexibility index (Phi) is 3.17. The normalized spacial score (nSPS) is 10.2. The van der Waals surface area contributed by atoms with E-state index in [1.807, 2.05) is 6.07 Å². The third-order valence-electron chi connectivity index (χ3n) is 2.38. The smallest absolute Gasteiger partial charge is 0.129 e. The Labute approximate surface area is 97.6 Å². The number of benzene rings is 1. The molecule has 0 radical (unpaired) electrons. The van der Waals surface area contributed by atoms with Gasteiger partial charge in [0.05, 0.1) is 36.8 Å². The van der Waals surface area contributed by atoms with Gasteiger partial charge in [0.15, 0.2) is 0 Å². The van der Waals surface area contributed by atoms with Gasteiger partial charge in [-0.3, -0.25) is 0 Å². The summed E-state index contributed by atoms with van der Waals surface area (Å²) in [5.41, 5.74) is 1.32. The monoisotopic (exact) mass is 231 g/mol. The maximum atomic E-state index is 13.6. The van der Waals surface area contributed by atoms with E-state index in [4.69, 9.17) is 10.4 Å². The van der Waals surface area contributed by atoms with E-state index in [2.05, 4.69) is 4.98 Å². The third-order valence-corrected chi connectivity index (χ3v) is 2.38. The molecule has 4 nitrogen and oxygen atoms in total. The lowest BCUT2D eigenvalue weighted by molar-refractivity contribution is 0.277. The predicted octanol–water partition coefficient (Wildman–Crippen LogP) is 1.43. The zero-order valence-electron chi connectivity index (χ0n) is 8.97. The fraction of sp³-hybridized carbons (Fsp3) is 0.167. The fourth-order valence-corrected chi connectivity index (χ4v) is 1.52. The Bertz CT molecular complexity index is 571. The molecule has 2 rings (SSSR count). The van der Waals surface area contributed by atoms with E-state index in [-0.39, 0.29) is 6.61 Å². The van der Waals surface area contributed by atoms with E-state index in [0.29, 0.717) is 23.4 Å². The molecule has 0 aliphatic heterocycles. The Morgan fingerprint density at radius 2 is 2.29 bits per heavy atom. The lowest BCUT2D eigenvalue weighted by Gasteiger charge is -2.04. The molecule has 0 spiro atoms. The molecule has 0 aliphatic rings. The molecule has 0 amide bonds. The highest BCUT2D eigenvalue weighted by Crippen LogP contribution is 2.12. The fourth-order valence-electron chi connectivity index (χ4n) is 1.52. The molecule has 0 fully saturated rings.